The SMILES string of the molecule is Cc1ccc(C(O)COc2ccc(F)cc2)o1. The standard InChI is InChI=1S/C13H13FO3/c1-9-2-7-13(17-9)12(15)8-16-11-5-3-10(14)4-6-11/h2-7,12,15H,8H2,1H3. The van der Waals surface area contributed by atoms with Crippen LogP contribution in [0.2, 0.25) is 0 Å². The molecule has 1 heterocycles. The van der Waals surface area contributed by atoms with Gasteiger partial charge < -0.3 is 14.3 Å². The second kappa shape index (κ2) is 5.01. The van der Waals surface area contributed by atoms with Crippen LogP contribution in [0.25, 0.3) is 0 Å². The number of benzene rings is 1. The molecule has 1 atom stereocenters. The summed E-state index contributed by atoms with van der Waals surface area (Å²) in [6, 6.07) is 9.10. The van der Waals surface area contributed by atoms with E-state index in [1.807, 2.05) is 0 Å². The molecule has 0 spiro atoms. The Morgan fingerprint density at radius 3 is 2.53 bits per heavy atom. The number of hydrogen-bond acceptors (Lipinski definition) is 3. The number of aliphatic hydroxyl groups is 1. The molecule has 0 bridgehead atoms. The van der Waals surface area contributed by atoms with E-state index in [0.29, 0.717) is 11.5 Å². The number of halogens is 1. The molecule has 4 heteroatoms. The van der Waals surface area contributed by atoms with Crippen molar-refractivity contribution in [3.8, 4) is 5.75 Å². The van der Waals surface area contributed by atoms with Gasteiger partial charge in [-0.3, -0.25) is 0 Å². The Morgan fingerprint density at radius 2 is 1.94 bits per heavy atom. The average molecular weight is 236 g/mol. The smallest absolute Gasteiger partial charge is 0.145 e. The molecule has 2 rings (SSSR count). The molecular weight excluding hydrogens is 223 g/mol. The summed E-state index contributed by atoms with van der Waals surface area (Å²) >= 11 is 0. The van der Waals surface area contributed by atoms with Crippen LogP contribution in [0.15, 0.2) is 40.8 Å². The Balaban J connectivity index is 1.92. The van der Waals surface area contributed by atoms with Crippen molar-refractivity contribution in [2.75, 3.05) is 6.61 Å². The van der Waals surface area contributed by atoms with Gasteiger partial charge in [-0.05, 0) is 43.3 Å². The van der Waals surface area contributed by atoms with Gasteiger partial charge in [-0.25, -0.2) is 4.39 Å². The molecule has 0 saturated heterocycles. The van der Waals surface area contributed by atoms with E-state index in [-0.39, 0.29) is 12.4 Å². The first kappa shape index (κ1) is 11.7. The molecule has 2 aromatic rings. The number of hydrogen-bond donors (Lipinski definition) is 1. The average Bonchev–Trinajstić information content (AvgIpc) is 2.75. The van der Waals surface area contributed by atoms with E-state index in [1.165, 1.54) is 24.3 Å². The van der Waals surface area contributed by atoms with Gasteiger partial charge in [-0.15, -0.1) is 0 Å². The van der Waals surface area contributed by atoms with Gasteiger partial charge in [0.25, 0.3) is 0 Å². The molecule has 0 radical (unpaired) electrons. The molecule has 1 aromatic heterocycles. The van der Waals surface area contributed by atoms with Gasteiger partial charge in [-0.1, -0.05) is 0 Å². The fraction of sp³-hybridized carbons (Fsp3) is 0.231. The lowest BCUT2D eigenvalue weighted by molar-refractivity contribution is 0.0880. The van der Waals surface area contributed by atoms with Crippen LogP contribution in [0, 0.1) is 12.7 Å². The molecule has 0 fully saturated rings. The molecule has 1 N–H and O–H groups in total. The number of rotatable bonds is 4. The van der Waals surface area contributed by atoms with Gasteiger partial charge in [0, 0.05) is 0 Å². The highest BCUT2D eigenvalue weighted by atomic mass is 19.1. The zero-order valence-electron chi connectivity index (χ0n) is 9.39. The van der Waals surface area contributed by atoms with Crippen LogP contribution in [-0.4, -0.2) is 11.7 Å². The lowest BCUT2D eigenvalue weighted by atomic mass is 10.3. The molecule has 0 amide bonds. The summed E-state index contributed by atoms with van der Waals surface area (Å²) in [6.07, 6.45) is -0.825. The van der Waals surface area contributed by atoms with Gasteiger partial charge in [0.1, 0.15) is 35.8 Å². The molecule has 0 aliphatic rings. The normalized spacial score (nSPS) is 12.4. The highest BCUT2D eigenvalue weighted by Gasteiger charge is 2.12. The van der Waals surface area contributed by atoms with E-state index < -0.39 is 6.10 Å². The maximum Gasteiger partial charge on any atom is 0.145 e. The minimum Gasteiger partial charge on any atom is -0.490 e. The van der Waals surface area contributed by atoms with E-state index in [1.54, 1.807) is 19.1 Å². The zero-order chi connectivity index (χ0) is 12.3. The maximum atomic E-state index is 12.6. The van der Waals surface area contributed by atoms with Crippen molar-refractivity contribution < 1.29 is 18.7 Å². The summed E-state index contributed by atoms with van der Waals surface area (Å²) in [5.41, 5.74) is 0. The number of ether oxygens (including phenoxy) is 1. The number of aliphatic hydroxyl groups excluding tert-OH is 1. The summed E-state index contributed by atoms with van der Waals surface area (Å²) in [4.78, 5) is 0. The first-order valence-electron chi connectivity index (χ1n) is 5.28. The predicted octanol–water partition coefficient (Wildman–Crippen LogP) is 2.84. The van der Waals surface area contributed by atoms with Crippen LogP contribution >= 0.6 is 0 Å². The molecule has 0 aliphatic carbocycles. The Morgan fingerprint density at radius 1 is 1.24 bits per heavy atom. The van der Waals surface area contributed by atoms with Gasteiger partial charge in [0.05, 0.1) is 0 Å². The van der Waals surface area contributed by atoms with Gasteiger partial charge in [-0.2, -0.15) is 0 Å². The lowest BCUT2D eigenvalue weighted by Gasteiger charge is -2.10. The molecule has 0 saturated carbocycles. The molecule has 90 valence electrons. The highest BCUT2D eigenvalue weighted by molar-refractivity contribution is 5.22. The molecule has 0 aliphatic heterocycles. The Kier molecular flexibility index (Phi) is 3.44. The second-order valence-electron chi connectivity index (χ2n) is 3.73. The van der Waals surface area contributed by atoms with Gasteiger partial charge >= 0.3 is 0 Å². The molecule has 17 heavy (non-hydrogen) atoms. The van der Waals surface area contributed by atoms with Crippen molar-refractivity contribution in [1.82, 2.24) is 0 Å². The first-order valence-corrected chi connectivity index (χ1v) is 5.28. The zero-order valence-corrected chi connectivity index (χ0v) is 9.39. The van der Waals surface area contributed by atoms with Crippen LogP contribution in [-0.2, 0) is 0 Å². The molecular formula is C13H13FO3. The Hall–Kier alpha value is -1.81. The van der Waals surface area contributed by atoms with E-state index in [4.69, 9.17) is 9.15 Å². The highest BCUT2D eigenvalue weighted by Crippen LogP contribution is 2.18. The fourth-order valence-corrected chi connectivity index (χ4v) is 1.42. The minimum absolute atomic E-state index is 0.0680. The van der Waals surface area contributed by atoms with Crippen LogP contribution in [0.4, 0.5) is 4.39 Å². The summed E-state index contributed by atoms with van der Waals surface area (Å²) in [6.45, 7) is 1.87. The third kappa shape index (κ3) is 3.07. The quantitative estimate of drug-likeness (QED) is 0.887. The van der Waals surface area contributed by atoms with Crippen molar-refractivity contribution in [3.05, 3.63) is 53.7 Å². The fourth-order valence-electron chi connectivity index (χ4n) is 1.42. The van der Waals surface area contributed by atoms with E-state index in [0.717, 1.165) is 5.76 Å². The first-order chi connectivity index (χ1) is 8.15. The van der Waals surface area contributed by atoms with E-state index in [9.17, 15) is 9.50 Å². The Bertz CT molecular complexity index is 476. The summed E-state index contributed by atoms with van der Waals surface area (Å²) < 4.78 is 23.2. The van der Waals surface area contributed by atoms with Crippen molar-refractivity contribution in [2.45, 2.75) is 13.0 Å². The van der Waals surface area contributed by atoms with Gasteiger partial charge in [0.15, 0.2) is 0 Å². The van der Waals surface area contributed by atoms with E-state index >= 15 is 0 Å². The lowest BCUT2D eigenvalue weighted by Crippen LogP contribution is -2.08. The summed E-state index contributed by atoms with van der Waals surface area (Å²) in [5, 5.41) is 9.76. The third-order valence-corrected chi connectivity index (χ3v) is 2.31. The van der Waals surface area contributed by atoms with Crippen LogP contribution < -0.4 is 4.74 Å². The Labute approximate surface area is 98.5 Å². The number of furan rings is 1. The van der Waals surface area contributed by atoms with Crippen molar-refractivity contribution in [1.29, 1.82) is 0 Å². The predicted molar refractivity (Wildman–Crippen MR) is 60.3 cm³/mol. The minimum atomic E-state index is -0.825. The monoisotopic (exact) mass is 236 g/mol. The van der Waals surface area contributed by atoms with Crippen LogP contribution in [0.1, 0.15) is 17.6 Å². The third-order valence-electron chi connectivity index (χ3n) is 2.31. The van der Waals surface area contributed by atoms with Gasteiger partial charge in [0.2, 0.25) is 0 Å². The molecule has 3 nitrogen and oxygen atoms in total. The largest absolute Gasteiger partial charge is 0.490 e. The number of aryl methyl sites for hydroxylation is 1. The molecule has 1 aromatic carbocycles. The van der Waals surface area contributed by atoms with Crippen molar-refractivity contribution in [2.24, 2.45) is 0 Å². The summed E-state index contributed by atoms with van der Waals surface area (Å²) in [5.74, 6) is 1.39. The van der Waals surface area contributed by atoms with Crippen molar-refractivity contribution >= 4 is 0 Å². The van der Waals surface area contributed by atoms with E-state index in [2.05, 4.69) is 0 Å². The second-order valence-corrected chi connectivity index (χ2v) is 3.73. The van der Waals surface area contributed by atoms with Crippen molar-refractivity contribution in [3.63, 3.8) is 0 Å². The maximum absolute atomic E-state index is 12.6. The topological polar surface area (TPSA) is 42.6 Å². The molecule has 1 unspecified atom stereocenters. The van der Waals surface area contributed by atoms with Crippen LogP contribution in [0.5, 0.6) is 5.75 Å². The van der Waals surface area contributed by atoms with Crippen LogP contribution in [0.3, 0.4) is 0 Å². The summed E-state index contributed by atoms with van der Waals surface area (Å²) in [7, 11) is 0.